The first-order valence-electron chi connectivity index (χ1n) is 7.89. The van der Waals surface area contributed by atoms with Crippen LogP contribution in [-0.2, 0) is 14.9 Å². The van der Waals surface area contributed by atoms with Crippen molar-refractivity contribution in [3.8, 4) is 11.5 Å². The summed E-state index contributed by atoms with van der Waals surface area (Å²) in [5.41, 5.74) is -0.601. The van der Waals surface area contributed by atoms with Gasteiger partial charge >= 0.3 is 0 Å². The van der Waals surface area contributed by atoms with Crippen LogP contribution in [0.2, 0.25) is 20.1 Å². The Labute approximate surface area is 186 Å². The molecule has 1 atom stereocenters. The number of hydrogen-bond acceptors (Lipinski definition) is 4. The van der Waals surface area contributed by atoms with Crippen molar-refractivity contribution < 1.29 is 23.2 Å². The molecule has 10 heteroatoms. The molecule has 0 saturated heterocycles. The highest BCUT2D eigenvalue weighted by molar-refractivity contribution is 7.87. The number of phenolic OH excluding ortho intramolecular Hbond substituents is 2. The SMILES string of the molecule is O=S(=O)(O)C(c1ccc(Cl)cc1)(c1cccc(Cl)c1O)c1cc(O)cc(Cl)c1Cl. The molecule has 0 radical (unpaired) electrons. The first kappa shape index (κ1) is 22.0. The molecule has 0 aliphatic rings. The van der Waals surface area contributed by atoms with E-state index >= 15 is 0 Å². The molecule has 0 fully saturated rings. The summed E-state index contributed by atoms with van der Waals surface area (Å²) in [7, 11) is -5.11. The molecule has 29 heavy (non-hydrogen) atoms. The maximum Gasteiger partial charge on any atom is 0.283 e. The summed E-state index contributed by atoms with van der Waals surface area (Å²) in [6.07, 6.45) is 0. The molecule has 0 aliphatic carbocycles. The predicted octanol–water partition coefficient (Wildman–Crippen LogP) is 5.89. The average molecular weight is 494 g/mol. The van der Waals surface area contributed by atoms with E-state index in [9.17, 15) is 23.2 Å². The van der Waals surface area contributed by atoms with E-state index in [2.05, 4.69) is 0 Å². The number of aromatic hydroxyl groups is 2. The first-order valence-corrected chi connectivity index (χ1v) is 10.8. The van der Waals surface area contributed by atoms with Gasteiger partial charge in [-0.25, -0.2) is 0 Å². The number of hydrogen-bond donors (Lipinski definition) is 3. The van der Waals surface area contributed by atoms with Gasteiger partial charge in [0.2, 0.25) is 0 Å². The third-order valence-corrected chi connectivity index (χ3v) is 7.20. The third-order valence-electron chi connectivity index (χ3n) is 4.40. The van der Waals surface area contributed by atoms with Crippen LogP contribution in [-0.4, -0.2) is 23.2 Å². The molecule has 3 N–H and O–H groups in total. The highest BCUT2D eigenvalue weighted by atomic mass is 35.5. The van der Waals surface area contributed by atoms with Crippen molar-refractivity contribution >= 4 is 56.5 Å². The van der Waals surface area contributed by atoms with Crippen molar-refractivity contribution in [1.29, 1.82) is 0 Å². The maximum absolute atomic E-state index is 13.0. The van der Waals surface area contributed by atoms with Crippen molar-refractivity contribution in [1.82, 2.24) is 0 Å². The van der Waals surface area contributed by atoms with Crippen LogP contribution in [0.25, 0.3) is 0 Å². The lowest BCUT2D eigenvalue weighted by atomic mass is 9.83. The minimum absolute atomic E-state index is 0.0227. The van der Waals surface area contributed by atoms with Crippen molar-refractivity contribution in [2.45, 2.75) is 4.75 Å². The number of halogens is 4. The van der Waals surface area contributed by atoms with E-state index < -0.39 is 26.4 Å². The Bertz CT molecular complexity index is 1200. The molecule has 0 heterocycles. The van der Waals surface area contributed by atoms with E-state index in [4.69, 9.17) is 46.4 Å². The molecule has 0 amide bonds. The molecular weight excluding hydrogens is 482 g/mol. The molecular formula is C19H12Cl4O5S. The van der Waals surface area contributed by atoms with Gasteiger partial charge in [-0.15, -0.1) is 0 Å². The fraction of sp³-hybridized carbons (Fsp3) is 0.0526. The van der Waals surface area contributed by atoms with Gasteiger partial charge in [0.1, 0.15) is 11.5 Å². The van der Waals surface area contributed by atoms with Crippen LogP contribution in [0.5, 0.6) is 11.5 Å². The van der Waals surface area contributed by atoms with Gasteiger partial charge in [-0.3, -0.25) is 4.55 Å². The molecule has 0 aliphatic heterocycles. The van der Waals surface area contributed by atoms with Crippen molar-refractivity contribution in [3.63, 3.8) is 0 Å². The summed E-state index contributed by atoms with van der Waals surface area (Å²) in [6.45, 7) is 0. The molecule has 3 aromatic rings. The van der Waals surface area contributed by atoms with E-state index in [0.29, 0.717) is 5.02 Å². The Hall–Kier alpha value is -1.67. The highest BCUT2D eigenvalue weighted by Gasteiger charge is 2.52. The summed E-state index contributed by atoms with van der Waals surface area (Å²) in [4.78, 5) is 0. The summed E-state index contributed by atoms with van der Waals surface area (Å²) < 4.78 is 33.9. The van der Waals surface area contributed by atoms with Gasteiger partial charge in [0, 0.05) is 22.2 Å². The zero-order chi connectivity index (χ0) is 21.6. The van der Waals surface area contributed by atoms with Crippen molar-refractivity contribution in [2.24, 2.45) is 0 Å². The van der Waals surface area contributed by atoms with E-state index in [1.54, 1.807) is 0 Å². The summed E-state index contributed by atoms with van der Waals surface area (Å²) in [6, 6.07) is 11.6. The standard InChI is InChI=1S/C19H12Cl4O5S/c20-11-6-4-10(5-7-11)19(29(26,27)28,13-2-1-3-15(21)18(13)25)14-8-12(24)9-16(22)17(14)23/h1-9,24-25H,(H,26,27,28). The Kier molecular flexibility index (Phi) is 5.98. The van der Waals surface area contributed by atoms with Gasteiger partial charge in [-0.05, 0) is 29.8 Å². The lowest BCUT2D eigenvalue weighted by Gasteiger charge is -2.34. The summed E-state index contributed by atoms with van der Waals surface area (Å²) >= 11 is 24.3. The Morgan fingerprint density at radius 1 is 0.793 bits per heavy atom. The monoisotopic (exact) mass is 492 g/mol. The fourth-order valence-electron chi connectivity index (χ4n) is 3.20. The zero-order valence-corrected chi connectivity index (χ0v) is 18.1. The van der Waals surface area contributed by atoms with Gasteiger partial charge in [-0.1, -0.05) is 70.7 Å². The van der Waals surface area contributed by atoms with E-state index in [-0.39, 0.29) is 31.8 Å². The van der Waals surface area contributed by atoms with Crippen molar-refractivity contribution in [2.75, 3.05) is 0 Å². The largest absolute Gasteiger partial charge is 0.508 e. The second kappa shape index (κ2) is 7.87. The molecule has 3 aromatic carbocycles. The van der Waals surface area contributed by atoms with Crippen LogP contribution in [0.15, 0.2) is 54.6 Å². The highest BCUT2D eigenvalue weighted by Crippen LogP contribution is 2.52. The normalized spacial score (nSPS) is 13.8. The molecule has 152 valence electrons. The third kappa shape index (κ3) is 3.65. The van der Waals surface area contributed by atoms with Crippen LogP contribution in [0.1, 0.15) is 16.7 Å². The average Bonchev–Trinajstić information content (AvgIpc) is 2.63. The zero-order valence-electron chi connectivity index (χ0n) is 14.3. The van der Waals surface area contributed by atoms with E-state index in [0.717, 1.165) is 12.1 Å². The molecule has 0 spiro atoms. The van der Waals surface area contributed by atoms with Crippen LogP contribution >= 0.6 is 46.4 Å². The van der Waals surface area contributed by atoms with Gasteiger partial charge < -0.3 is 10.2 Å². The number of rotatable bonds is 4. The van der Waals surface area contributed by atoms with E-state index in [1.807, 2.05) is 0 Å². The lowest BCUT2D eigenvalue weighted by Crippen LogP contribution is -2.38. The maximum atomic E-state index is 13.0. The smallest absolute Gasteiger partial charge is 0.283 e. The molecule has 1 unspecified atom stereocenters. The van der Waals surface area contributed by atoms with Crippen LogP contribution in [0.3, 0.4) is 0 Å². The Balaban J connectivity index is 2.63. The van der Waals surface area contributed by atoms with E-state index in [1.165, 1.54) is 42.5 Å². The Morgan fingerprint density at radius 3 is 2.00 bits per heavy atom. The number of para-hydroxylation sites is 1. The van der Waals surface area contributed by atoms with Gasteiger partial charge in [0.05, 0.1) is 15.1 Å². The second-order valence-electron chi connectivity index (χ2n) is 6.09. The van der Waals surface area contributed by atoms with Crippen LogP contribution in [0, 0.1) is 0 Å². The molecule has 3 rings (SSSR count). The molecule has 5 nitrogen and oxygen atoms in total. The number of phenols is 2. The Morgan fingerprint density at radius 2 is 1.41 bits per heavy atom. The van der Waals surface area contributed by atoms with Crippen LogP contribution < -0.4 is 0 Å². The molecule has 0 bridgehead atoms. The summed E-state index contributed by atoms with van der Waals surface area (Å²) in [5, 5.41) is 20.4. The van der Waals surface area contributed by atoms with Crippen molar-refractivity contribution in [3.05, 3.63) is 91.4 Å². The lowest BCUT2D eigenvalue weighted by molar-refractivity contribution is 0.439. The van der Waals surface area contributed by atoms with Gasteiger partial charge in [0.25, 0.3) is 10.1 Å². The minimum Gasteiger partial charge on any atom is -0.508 e. The first-order chi connectivity index (χ1) is 13.5. The predicted molar refractivity (Wildman–Crippen MR) is 114 cm³/mol. The van der Waals surface area contributed by atoms with Crippen LogP contribution in [0.4, 0.5) is 0 Å². The van der Waals surface area contributed by atoms with Gasteiger partial charge in [-0.2, -0.15) is 8.42 Å². The number of benzene rings is 3. The topological polar surface area (TPSA) is 94.8 Å². The molecule has 0 saturated carbocycles. The quantitative estimate of drug-likeness (QED) is 0.311. The minimum atomic E-state index is -5.11. The fourth-order valence-corrected chi connectivity index (χ4v) is 5.33. The summed E-state index contributed by atoms with van der Waals surface area (Å²) in [5.74, 6) is -1.00. The second-order valence-corrected chi connectivity index (χ2v) is 9.28. The van der Waals surface area contributed by atoms with Gasteiger partial charge in [0.15, 0.2) is 4.75 Å². The molecule has 0 aromatic heterocycles.